The predicted molar refractivity (Wildman–Crippen MR) is 84.8 cm³/mol. The molecule has 0 fully saturated rings. The molecule has 0 aliphatic rings. The maximum atomic E-state index is 11.4. The van der Waals surface area contributed by atoms with Gasteiger partial charge in [-0.15, -0.1) is 0 Å². The summed E-state index contributed by atoms with van der Waals surface area (Å²) in [6.07, 6.45) is 1.15. The van der Waals surface area contributed by atoms with Crippen LogP contribution in [-0.4, -0.2) is 20.5 Å². The highest BCUT2D eigenvalue weighted by Crippen LogP contribution is 2.30. The molecule has 0 saturated carbocycles. The average molecular weight is 369 g/mol. The normalized spacial score (nSPS) is 11.1. The van der Waals surface area contributed by atoms with Crippen molar-refractivity contribution in [1.82, 2.24) is 0 Å². The molecule has 0 bridgehead atoms. The first-order valence-corrected chi connectivity index (χ1v) is 8.58. The van der Waals surface area contributed by atoms with Crippen LogP contribution in [0.5, 0.6) is 11.5 Å². The van der Waals surface area contributed by atoms with Gasteiger partial charge in [-0.2, -0.15) is 0 Å². The van der Waals surface area contributed by atoms with Crippen LogP contribution in [0.4, 0.5) is 0 Å². The molecule has 0 spiro atoms. The van der Waals surface area contributed by atoms with Crippen molar-refractivity contribution >= 4 is 31.6 Å². The zero-order chi connectivity index (χ0) is 15.6. The van der Waals surface area contributed by atoms with Gasteiger partial charge in [0, 0.05) is 11.8 Å². The maximum absolute atomic E-state index is 11.4. The van der Waals surface area contributed by atoms with Crippen LogP contribution in [0, 0.1) is 5.41 Å². The SMILES string of the molecule is CS(=O)(=O)c1ccc(Oc2ccc(C(=N)N)cc2Br)cc1. The van der Waals surface area contributed by atoms with Crippen LogP contribution in [0.2, 0.25) is 0 Å². The molecule has 110 valence electrons. The van der Waals surface area contributed by atoms with E-state index in [4.69, 9.17) is 15.9 Å². The lowest BCUT2D eigenvalue weighted by Gasteiger charge is -2.09. The van der Waals surface area contributed by atoms with E-state index in [0.29, 0.717) is 21.5 Å². The molecule has 0 aromatic heterocycles. The van der Waals surface area contributed by atoms with Crippen LogP contribution in [0.3, 0.4) is 0 Å². The Morgan fingerprint density at radius 3 is 2.29 bits per heavy atom. The van der Waals surface area contributed by atoms with Crippen molar-refractivity contribution in [2.45, 2.75) is 4.90 Å². The summed E-state index contributed by atoms with van der Waals surface area (Å²) in [4.78, 5) is 0.237. The van der Waals surface area contributed by atoms with E-state index in [1.54, 1.807) is 30.3 Å². The zero-order valence-electron chi connectivity index (χ0n) is 11.1. The van der Waals surface area contributed by atoms with Gasteiger partial charge in [0.05, 0.1) is 9.37 Å². The summed E-state index contributed by atoms with van der Waals surface area (Å²) >= 11 is 3.35. The first-order valence-electron chi connectivity index (χ1n) is 5.89. The van der Waals surface area contributed by atoms with Gasteiger partial charge in [0.25, 0.3) is 0 Å². The van der Waals surface area contributed by atoms with Gasteiger partial charge in [-0.05, 0) is 58.4 Å². The van der Waals surface area contributed by atoms with Gasteiger partial charge in [-0.3, -0.25) is 5.41 Å². The Labute approximate surface area is 131 Å². The quantitative estimate of drug-likeness (QED) is 0.640. The summed E-state index contributed by atoms with van der Waals surface area (Å²) in [5.74, 6) is 1.03. The third-order valence-electron chi connectivity index (χ3n) is 2.72. The van der Waals surface area contributed by atoms with Crippen LogP contribution >= 0.6 is 15.9 Å². The maximum Gasteiger partial charge on any atom is 0.175 e. The highest BCUT2D eigenvalue weighted by atomic mass is 79.9. The molecule has 0 radical (unpaired) electrons. The number of nitrogens with one attached hydrogen (secondary N) is 1. The van der Waals surface area contributed by atoms with Crippen molar-refractivity contribution in [3.05, 3.63) is 52.5 Å². The largest absolute Gasteiger partial charge is 0.456 e. The second-order valence-electron chi connectivity index (χ2n) is 4.40. The Hall–Kier alpha value is -1.86. The first kappa shape index (κ1) is 15.5. The Bertz CT molecular complexity index is 786. The van der Waals surface area contributed by atoms with E-state index < -0.39 is 9.84 Å². The number of benzene rings is 2. The van der Waals surface area contributed by atoms with Crippen LogP contribution in [-0.2, 0) is 9.84 Å². The second kappa shape index (κ2) is 5.87. The Kier molecular flexibility index (Phi) is 4.34. The molecule has 2 aromatic rings. The molecule has 0 saturated heterocycles. The molecule has 0 amide bonds. The van der Waals surface area contributed by atoms with E-state index in [1.165, 1.54) is 12.1 Å². The fourth-order valence-electron chi connectivity index (χ4n) is 1.63. The number of nitrogens with two attached hydrogens (primary N) is 1. The summed E-state index contributed by atoms with van der Waals surface area (Å²) in [7, 11) is -3.22. The summed E-state index contributed by atoms with van der Waals surface area (Å²) < 4.78 is 29.1. The zero-order valence-corrected chi connectivity index (χ0v) is 13.5. The number of halogens is 1. The molecule has 0 heterocycles. The van der Waals surface area contributed by atoms with Crippen molar-refractivity contribution < 1.29 is 13.2 Å². The van der Waals surface area contributed by atoms with E-state index in [9.17, 15) is 8.42 Å². The van der Waals surface area contributed by atoms with Crippen molar-refractivity contribution in [1.29, 1.82) is 5.41 Å². The molecule has 2 rings (SSSR count). The van der Waals surface area contributed by atoms with Gasteiger partial charge in [0.15, 0.2) is 9.84 Å². The summed E-state index contributed by atoms with van der Waals surface area (Å²) in [5.41, 5.74) is 5.99. The number of hydrogen-bond donors (Lipinski definition) is 2. The van der Waals surface area contributed by atoms with E-state index in [0.717, 1.165) is 6.26 Å². The Morgan fingerprint density at radius 2 is 1.81 bits per heavy atom. The van der Waals surface area contributed by atoms with Gasteiger partial charge in [-0.25, -0.2) is 8.42 Å². The van der Waals surface area contributed by atoms with Gasteiger partial charge >= 0.3 is 0 Å². The number of hydrogen-bond acceptors (Lipinski definition) is 4. The minimum atomic E-state index is -3.22. The van der Waals surface area contributed by atoms with Crippen LogP contribution < -0.4 is 10.5 Å². The van der Waals surface area contributed by atoms with Gasteiger partial charge in [0.2, 0.25) is 0 Å². The van der Waals surface area contributed by atoms with E-state index in [-0.39, 0.29) is 10.7 Å². The Balaban J connectivity index is 2.24. The molecule has 0 aliphatic heterocycles. The van der Waals surface area contributed by atoms with Crippen molar-refractivity contribution in [2.24, 2.45) is 5.73 Å². The number of sulfone groups is 1. The van der Waals surface area contributed by atoms with Crippen molar-refractivity contribution in [3.8, 4) is 11.5 Å². The third-order valence-corrected chi connectivity index (χ3v) is 4.47. The smallest absolute Gasteiger partial charge is 0.175 e. The number of amidine groups is 1. The molecule has 5 nitrogen and oxygen atoms in total. The topological polar surface area (TPSA) is 93.2 Å². The molecule has 7 heteroatoms. The molecule has 0 unspecified atom stereocenters. The molecule has 2 aromatic carbocycles. The Morgan fingerprint density at radius 1 is 1.19 bits per heavy atom. The third kappa shape index (κ3) is 3.83. The van der Waals surface area contributed by atoms with Crippen molar-refractivity contribution in [2.75, 3.05) is 6.26 Å². The molecule has 21 heavy (non-hydrogen) atoms. The summed E-state index contributed by atoms with van der Waals surface area (Å²) in [5, 5.41) is 7.36. The lowest BCUT2D eigenvalue weighted by Crippen LogP contribution is -2.10. The standard InChI is InChI=1S/C14H13BrN2O3S/c1-21(18,19)11-5-3-10(4-6-11)20-13-7-2-9(14(16)17)8-12(13)15/h2-8H,1H3,(H3,16,17). The van der Waals surface area contributed by atoms with Crippen molar-refractivity contribution in [3.63, 3.8) is 0 Å². The lowest BCUT2D eigenvalue weighted by molar-refractivity contribution is 0.479. The van der Waals surface area contributed by atoms with Gasteiger partial charge in [-0.1, -0.05) is 0 Å². The predicted octanol–water partition coefficient (Wildman–Crippen LogP) is 2.93. The van der Waals surface area contributed by atoms with Crippen LogP contribution in [0.25, 0.3) is 0 Å². The van der Waals surface area contributed by atoms with Crippen LogP contribution in [0.1, 0.15) is 5.56 Å². The minimum absolute atomic E-state index is 0.0280. The summed E-state index contributed by atoms with van der Waals surface area (Å²) in [6.45, 7) is 0. The highest BCUT2D eigenvalue weighted by molar-refractivity contribution is 9.10. The average Bonchev–Trinajstić information content (AvgIpc) is 2.40. The van der Waals surface area contributed by atoms with E-state index in [1.807, 2.05) is 0 Å². The molecular weight excluding hydrogens is 356 g/mol. The van der Waals surface area contributed by atoms with Gasteiger partial charge in [0.1, 0.15) is 17.3 Å². The number of nitrogen functional groups attached to an aromatic ring is 1. The number of ether oxygens (including phenoxy) is 1. The van der Waals surface area contributed by atoms with E-state index in [2.05, 4.69) is 15.9 Å². The minimum Gasteiger partial charge on any atom is -0.456 e. The monoisotopic (exact) mass is 368 g/mol. The highest BCUT2D eigenvalue weighted by Gasteiger charge is 2.09. The first-order chi connectivity index (χ1) is 9.77. The van der Waals surface area contributed by atoms with E-state index >= 15 is 0 Å². The molecule has 3 N–H and O–H groups in total. The lowest BCUT2D eigenvalue weighted by atomic mass is 10.2. The fourth-order valence-corrected chi connectivity index (χ4v) is 2.72. The fraction of sp³-hybridized carbons (Fsp3) is 0.0714. The van der Waals surface area contributed by atoms with Gasteiger partial charge < -0.3 is 10.5 Å². The second-order valence-corrected chi connectivity index (χ2v) is 7.27. The number of rotatable bonds is 4. The molecular formula is C14H13BrN2O3S. The molecule has 0 atom stereocenters. The molecule has 0 aliphatic carbocycles. The summed E-state index contributed by atoms with van der Waals surface area (Å²) in [6, 6.07) is 11.2. The van der Waals surface area contributed by atoms with Crippen LogP contribution in [0.15, 0.2) is 51.8 Å².